The lowest BCUT2D eigenvalue weighted by molar-refractivity contribution is -0.145. The fourth-order valence-corrected chi connectivity index (χ4v) is 2.40. The van der Waals surface area contributed by atoms with Gasteiger partial charge in [-0.3, -0.25) is 9.59 Å². The number of anilines is 1. The van der Waals surface area contributed by atoms with Crippen LogP contribution in [0, 0.1) is 0 Å². The van der Waals surface area contributed by atoms with Crippen LogP contribution in [0.5, 0.6) is 11.5 Å². The van der Waals surface area contributed by atoms with E-state index in [1.165, 1.54) is 27.0 Å². The lowest BCUT2D eigenvalue weighted by Gasteiger charge is -2.21. The molecule has 22 heavy (non-hydrogen) atoms. The quantitative estimate of drug-likeness (QED) is 0.667. The van der Waals surface area contributed by atoms with Crippen molar-refractivity contribution in [2.45, 2.75) is 32.7 Å². The molecule has 2 rings (SSSR count). The van der Waals surface area contributed by atoms with Gasteiger partial charge in [0.15, 0.2) is 11.5 Å². The molecule has 1 unspecified atom stereocenters. The fourth-order valence-electron chi connectivity index (χ4n) is 2.40. The molecule has 1 aliphatic heterocycles. The van der Waals surface area contributed by atoms with Gasteiger partial charge in [0, 0.05) is 32.0 Å². The highest BCUT2D eigenvalue weighted by molar-refractivity contribution is 5.88. The molecule has 0 bridgehead atoms. The largest absolute Gasteiger partial charge is 0.467 e. The van der Waals surface area contributed by atoms with Crippen LogP contribution in [0.2, 0.25) is 0 Å². The van der Waals surface area contributed by atoms with Crippen LogP contribution >= 0.6 is 0 Å². The normalized spacial score (nSPS) is 18.9. The van der Waals surface area contributed by atoms with Gasteiger partial charge in [0.05, 0.1) is 7.11 Å². The molecule has 1 N–H and O–H groups in total. The first-order valence-electron chi connectivity index (χ1n) is 6.65. The third-order valence-corrected chi connectivity index (χ3v) is 3.27. The molecule has 118 valence electrons. The summed E-state index contributed by atoms with van der Waals surface area (Å²) in [5.41, 5.74) is 0.472. The molecule has 0 aliphatic carbocycles. The van der Waals surface area contributed by atoms with Gasteiger partial charge in [-0.2, -0.15) is 0 Å². The Morgan fingerprint density at radius 3 is 2.14 bits per heavy atom. The average molecular weight is 307 g/mol. The molecule has 1 aliphatic rings. The first-order valence-corrected chi connectivity index (χ1v) is 6.65. The highest BCUT2D eigenvalue weighted by atomic mass is 16.6. The Morgan fingerprint density at radius 1 is 1.09 bits per heavy atom. The van der Waals surface area contributed by atoms with Crippen molar-refractivity contribution in [2.24, 2.45) is 0 Å². The van der Waals surface area contributed by atoms with Crippen LogP contribution in [0.15, 0.2) is 12.1 Å². The number of hydrogen-bond acceptors (Lipinski definition) is 7. The minimum absolute atomic E-state index is 0.114. The summed E-state index contributed by atoms with van der Waals surface area (Å²) in [6, 6.07) is 3.11. The van der Waals surface area contributed by atoms with Gasteiger partial charge in [0.1, 0.15) is 5.54 Å². The van der Waals surface area contributed by atoms with Gasteiger partial charge in [-0.1, -0.05) is 0 Å². The molecule has 0 saturated carbocycles. The van der Waals surface area contributed by atoms with E-state index >= 15 is 0 Å². The monoisotopic (exact) mass is 307 g/mol. The molecule has 7 heteroatoms. The summed E-state index contributed by atoms with van der Waals surface area (Å²) in [6.45, 7) is 4.20. The summed E-state index contributed by atoms with van der Waals surface area (Å²) in [5, 5.41) is 3.05. The molecule has 0 spiro atoms. The fraction of sp³-hybridized carbons (Fsp3) is 0.400. The average Bonchev–Trinajstić information content (AvgIpc) is 2.73. The van der Waals surface area contributed by atoms with Crippen molar-refractivity contribution in [1.82, 2.24) is 0 Å². The number of benzene rings is 1. The molecule has 1 aromatic rings. The molecule has 0 radical (unpaired) electrons. The molecule has 7 nitrogen and oxygen atoms in total. The predicted octanol–water partition coefficient (Wildman–Crippen LogP) is 1.44. The Morgan fingerprint density at radius 2 is 1.64 bits per heavy atom. The molecule has 1 aromatic carbocycles. The number of fused-ring (bicyclic) bond motifs is 1. The molecule has 0 amide bonds. The van der Waals surface area contributed by atoms with E-state index in [-0.39, 0.29) is 11.5 Å². The van der Waals surface area contributed by atoms with E-state index in [4.69, 9.17) is 14.2 Å². The van der Waals surface area contributed by atoms with Crippen LogP contribution in [0.3, 0.4) is 0 Å². The van der Waals surface area contributed by atoms with Crippen LogP contribution in [0.1, 0.15) is 26.3 Å². The molecular weight excluding hydrogens is 290 g/mol. The van der Waals surface area contributed by atoms with Crippen molar-refractivity contribution >= 4 is 23.6 Å². The van der Waals surface area contributed by atoms with Crippen LogP contribution in [0.4, 0.5) is 5.69 Å². The number of esters is 3. The van der Waals surface area contributed by atoms with Crippen molar-refractivity contribution in [3.63, 3.8) is 0 Å². The van der Waals surface area contributed by atoms with E-state index in [9.17, 15) is 14.4 Å². The van der Waals surface area contributed by atoms with Gasteiger partial charge in [-0.05, 0) is 18.6 Å². The van der Waals surface area contributed by atoms with Gasteiger partial charge < -0.3 is 19.5 Å². The van der Waals surface area contributed by atoms with Gasteiger partial charge in [-0.25, -0.2) is 4.79 Å². The number of carbonyl (C=O) groups is 3. The third kappa shape index (κ3) is 3.03. The number of nitrogens with one attached hydrogen (secondary N) is 1. The third-order valence-electron chi connectivity index (χ3n) is 3.27. The molecule has 0 saturated heterocycles. The topological polar surface area (TPSA) is 90.9 Å². The summed E-state index contributed by atoms with van der Waals surface area (Å²) < 4.78 is 14.9. The Balaban J connectivity index is 2.41. The Hall–Kier alpha value is -2.57. The van der Waals surface area contributed by atoms with Crippen LogP contribution < -0.4 is 14.8 Å². The van der Waals surface area contributed by atoms with Gasteiger partial charge in [0.2, 0.25) is 0 Å². The minimum atomic E-state index is -0.917. The zero-order valence-corrected chi connectivity index (χ0v) is 12.8. The van der Waals surface area contributed by atoms with Crippen molar-refractivity contribution in [1.29, 1.82) is 0 Å². The predicted molar refractivity (Wildman–Crippen MR) is 76.8 cm³/mol. The number of methoxy groups -OCH3 is 1. The Labute approximate surface area is 127 Å². The maximum Gasteiger partial charge on any atom is 0.331 e. The Bertz CT molecular complexity index is 607. The molecular formula is C15H17NO6. The van der Waals surface area contributed by atoms with Crippen LogP contribution in [-0.4, -0.2) is 30.6 Å². The minimum Gasteiger partial charge on any atom is -0.467 e. The van der Waals surface area contributed by atoms with Crippen LogP contribution in [-0.2, 0) is 25.5 Å². The van der Waals surface area contributed by atoms with Crippen molar-refractivity contribution in [2.75, 3.05) is 12.4 Å². The lowest BCUT2D eigenvalue weighted by atomic mass is 9.98. The lowest BCUT2D eigenvalue weighted by Crippen LogP contribution is -2.42. The van der Waals surface area contributed by atoms with Crippen molar-refractivity contribution in [3.8, 4) is 11.5 Å². The van der Waals surface area contributed by atoms with E-state index in [0.29, 0.717) is 12.1 Å². The molecule has 1 atom stereocenters. The van der Waals surface area contributed by atoms with Gasteiger partial charge in [-0.15, -0.1) is 0 Å². The van der Waals surface area contributed by atoms with Crippen LogP contribution in [0.25, 0.3) is 0 Å². The second-order valence-electron chi connectivity index (χ2n) is 5.27. The van der Waals surface area contributed by atoms with E-state index in [2.05, 4.69) is 5.32 Å². The number of ether oxygens (including phenoxy) is 3. The summed E-state index contributed by atoms with van der Waals surface area (Å²) in [6.07, 6.45) is 0.365. The molecule has 0 aromatic heterocycles. The van der Waals surface area contributed by atoms with Crippen molar-refractivity contribution < 1.29 is 28.6 Å². The molecule has 1 heterocycles. The number of carbonyl (C=O) groups excluding carboxylic acids is 3. The van der Waals surface area contributed by atoms with E-state index in [1.54, 1.807) is 13.0 Å². The smallest absolute Gasteiger partial charge is 0.331 e. The second-order valence-corrected chi connectivity index (χ2v) is 5.27. The maximum absolute atomic E-state index is 11.9. The van der Waals surface area contributed by atoms with Crippen molar-refractivity contribution in [3.05, 3.63) is 17.7 Å². The van der Waals surface area contributed by atoms with E-state index in [1.807, 2.05) is 0 Å². The maximum atomic E-state index is 11.9. The summed E-state index contributed by atoms with van der Waals surface area (Å²) >= 11 is 0. The number of hydrogen-bond donors (Lipinski definition) is 1. The number of rotatable bonds is 3. The standard InChI is InChI=1S/C15H17NO6/c1-8(17)21-12-5-10-7-15(3,14(19)20-4)16-11(10)6-13(12)22-9(2)18/h5-6,16H,7H2,1-4H3. The Kier molecular flexibility index (Phi) is 4.07. The zero-order chi connectivity index (χ0) is 16.5. The highest BCUT2D eigenvalue weighted by Crippen LogP contribution is 2.41. The second kappa shape index (κ2) is 5.67. The summed E-state index contributed by atoms with van der Waals surface area (Å²) in [7, 11) is 1.31. The van der Waals surface area contributed by atoms with Gasteiger partial charge in [0.25, 0.3) is 0 Å². The van der Waals surface area contributed by atoms with E-state index < -0.39 is 23.4 Å². The first-order chi connectivity index (χ1) is 10.2. The van der Waals surface area contributed by atoms with E-state index in [0.717, 1.165) is 5.56 Å². The van der Waals surface area contributed by atoms with Gasteiger partial charge >= 0.3 is 17.9 Å². The summed E-state index contributed by atoms with van der Waals surface area (Å²) in [5.74, 6) is -1.23. The first kappa shape index (κ1) is 15.8. The highest BCUT2D eigenvalue weighted by Gasteiger charge is 2.41. The SMILES string of the molecule is COC(=O)C1(C)Cc2cc(OC(C)=O)c(OC(C)=O)cc2N1. The zero-order valence-electron chi connectivity index (χ0n) is 12.8. The summed E-state index contributed by atoms with van der Waals surface area (Å²) in [4.78, 5) is 34.2. The molecule has 0 fully saturated rings.